The summed E-state index contributed by atoms with van der Waals surface area (Å²) in [5.41, 5.74) is 4.46. The molecule has 1 N–H and O–H groups in total. The Labute approximate surface area is 191 Å². The van der Waals surface area contributed by atoms with E-state index in [2.05, 4.69) is 41.1 Å². The summed E-state index contributed by atoms with van der Waals surface area (Å²) in [7, 11) is 1.64. The number of nitrogens with one attached hydrogen (secondary N) is 1. The molecule has 0 radical (unpaired) electrons. The number of ether oxygens (including phenoxy) is 1. The monoisotopic (exact) mass is 443 g/mol. The third-order valence-electron chi connectivity index (χ3n) is 5.86. The number of benzene rings is 2. The van der Waals surface area contributed by atoms with Crippen molar-refractivity contribution in [2.24, 2.45) is 0 Å². The summed E-state index contributed by atoms with van der Waals surface area (Å²) in [5.74, 6) is 1.57. The van der Waals surface area contributed by atoms with Crippen LogP contribution in [0.3, 0.4) is 0 Å². The maximum absolute atomic E-state index is 13.6. The molecule has 8 nitrogen and oxygen atoms in total. The third kappa shape index (κ3) is 3.38. The fourth-order valence-corrected chi connectivity index (χ4v) is 4.34. The minimum atomic E-state index is -0.381. The van der Waals surface area contributed by atoms with Crippen molar-refractivity contribution in [1.29, 1.82) is 0 Å². The van der Waals surface area contributed by atoms with Gasteiger partial charge in [-0.1, -0.05) is 44.1 Å². The Balaban J connectivity index is 1.66. The molecular weight excluding hydrogens is 418 g/mol. The molecule has 1 aliphatic heterocycles. The second kappa shape index (κ2) is 7.58. The molecule has 8 heteroatoms. The average molecular weight is 444 g/mol. The van der Waals surface area contributed by atoms with Crippen molar-refractivity contribution in [3.63, 3.8) is 0 Å². The van der Waals surface area contributed by atoms with E-state index in [9.17, 15) is 4.79 Å². The lowest BCUT2D eigenvalue weighted by Crippen LogP contribution is -2.30. The predicted molar refractivity (Wildman–Crippen MR) is 123 cm³/mol. The molecule has 1 amide bonds. The fourth-order valence-electron chi connectivity index (χ4n) is 4.34. The summed E-state index contributed by atoms with van der Waals surface area (Å²) in [6.45, 7) is 8.09. The maximum atomic E-state index is 13.6. The van der Waals surface area contributed by atoms with Gasteiger partial charge >= 0.3 is 0 Å². The molecule has 1 unspecified atom stereocenters. The number of H-pyrrole nitrogens is 1. The highest BCUT2D eigenvalue weighted by Gasteiger charge is 2.45. The van der Waals surface area contributed by atoms with Crippen molar-refractivity contribution in [2.45, 2.75) is 39.2 Å². The van der Waals surface area contributed by atoms with E-state index in [-0.39, 0.29) is 17.4 Å². The first-order valence-corrected chi connectivity index (χ1v) is 10.8. The van der Waals surface area contributed by atoms with Gasteiger partial charge in [0.15, 0.2) is 11.5 Å². The van der Waals surface area contributed by atoms with Crippen LogP contribution in [-0.4, -0.2) is 33.4 Å². The number of hydrogen-bond donors (Lipinski definition) is 1. The summed E-state index contributed by atoms with van der Waals surface area (Å²) in [6, 6.07) is 14.9. The molecule has 0 saturated heterocycles. The van der Waals surface area contributed by atoms with Gasteiger partial charge in [-0.3, -0.25) is 14.8 Å². The van der Waals surface area contributed by atoms with Gasteiger partial charge in [-0.15, -0.1) is 0 Å². The number of fused-ring (bicyclic) bond motifs is 1. The lowest BCUT2D eigenvalue weighted by Gasteiger charge is -2.29. The maximum Gasteiger partial charge on any atom is 0.280 e. The number of carbonyl (C=O) groups is 1. The van der Waals surface area contributed by atoms with Crippen molar-refractivity contribution in [3.05, 3.63) is 76.9 Å². The summed E-state index contributed by atoms with van der Waals surface area (Å²) in [4.78, 5) is 19.7. The molecule has 0 saturated carbocycles. The normalized spacial score (nSPS) is 15.7. The van der Waals surface area contributed by atoms with Crippen LogP contribution in [0.5, 0.6) is 5.75 Å². The second-order valence-corrected chi connectivity index (χ2v) is 9.12. The van der Waals surface area contributed by atoms with E-state index in [0.29, 0.717) is 23.2 Å². The van der Waals surface area contributed by atoms with Gasteiger partial charge in [0, 0.05) is 33.5 Å². The molecule has 0 spiro atoms. The van der Waals surface area contributed by atoms with Gasteiger partial charge in [0.05, 0.1) is 13.2 Å². The number of nitrogens with zero attached hydrogens (tertiary/aromatic N) is 4. The Hall–Kier alpha value is -3.94. The summed E-state index contributed by atoms with van der Waals surface area (Å²) in [6.07, 6.45) is 0. The van der Waals surface area contributed by atoms with Crippen LogP contribution in [0.4, 0.5) is 5.69 Å². The van der Waals surface area contributed by atoms with E-state index in [1.807, 2.05) is 48.5 Å². The zero-order valence-electron chi connectivity index (χ0n) is 19.2. The largest absolute Gasteiger partial charge is 0.496 e. The Kier molecular flexibility index (Phi) is 4.81. The Morgan fingerprint density at radius 2 is 1.82 bits per heavy atom. The Morgan fingerprint density at radius 3 is 2.45 bits per heavy atom. The highest BCUT2D eigenvalue weighted by Crippen LogP contribution is 2.47. The Morgan fingerprint density at radius 1 is 1.09 bits per heavy atom. The van der Waals surface area contributed by atoms with Gasteiger partial charge in [0.25, 0.3) is 11.8 Å². The van der Waals surface area contributed by atoms with Gasteiger partial charge in [-0.05, 0) is 37.3 Å². The van der Waals surface area contributed by atoms with E-state index in [0.717, 1.165) is 28.1 Å². The molecule has 3 heterocycles. The van der Waals surface area contributed by atoms with E-state index in [1.165, 1.54) is 0 Å². The molecule has 168 valence electrons. The number of rotatable bonds is 4. The van der Waals surface area contributed by atoms with Crippen molar-refractivity contribution in [1.82, 2.24) is 20.3 Å². The molecule has 33 heavy (non-hydrogen) atoms. The smallest absolute Gasteiger partial charge is 0.280 e. The van der Waals surface area contributed by atoms with Crippen molar-refractivity contribution < 1.29 is 14.1 Å². The first-order valence-electron chi connectivity index (χ1n) is 10.8. The van der Waals surface area contributed by atoms with Crippen molar-refractivity contribution in [2.75, 3.05) is 12.0 Å². The number of aryl methyl sites for hydroxylation is 1. The molecular formula is C25H25N5O3. The zero-order valence-corrected chi connectivity index (χ0v) is 19.2. The molecule has 1 atom stereocenters. The second-order valence-electron chi connectivity index (χ2n) is 9.12. The molecule has 4 aromatic rings. The summed E-state index contributed by atoms with van der Waals surface area (Å²) in [5, 5.41) is 11.4. The highest BCUT2D eigenvalue weighted by molar-refractivity contribution is 6.11. The molecule has 0 fully saturated rings. The lowest BCUT2D eigenvalue weighted by molar-refractivity contribution is 0.0988. The number of hydrogen-bond acceptors (Lipinski definition) is 6. The SMILES string of the molecule is COc1ccccc1C1c2c(n[nH]c2C(C)(C)C)C(=O)N1c1ccc(-c2nc(C)no2)cc1. The highest BCUT2D eigenvalue weighted by atomic mass is 16.5. The average Bonchev–Trinajstić information content (AvgIpc) is 3.49. The van der Waals surface area contributed by atoms with Gasteiger partial charge in [0.2, 0.25) is 0 Å². The van der Waals surface area contributed by atoms with Crippen molar-refractivity contribution >= 4 is 11.6 Å². The third-order valence-corrected chi connectivity index (χ3v) is 5.86. The Bertz CT molecular complexity index is 1330. The standard InChI is InChI=1S/C25H25N5O3/c1-14-26-23(33-29-14)15-10-12-16(13-11-15)30-21(17-8-6-7-9-18(17)32-5)19-20(24(30)31)27-28-22(19)25(2,3)4/h6-13,21H,1-5H3,(H,27,28). The molecule has 0 bridgehead atoms. The minimum absolute atomic E-state index is 0.158. The molecule has 1 aliphatic rings. The number of carbonyl (C=O) groups excluding carboxylic acids is 1. The molecule has 5 rings (SSSR count). The van der Waals surface area contributed by atoms with Gasteiger partial charge in [-0.2, -0.15) is 10.1 Å². The minimum Gasteiger partial charge on any atom is -0.496 e. The molecule has 2 aromatic carbocycles. The van der Waals surface area contributed by atoms with Crippen LogP contribution in [-0.2, 0) is 5.41 Å². The van der Waals surface area contributed by atoms with E-state index >= 15 is 0 Å². The van der Waals surface area contributed by atoms with Crippen molar-refractivity contribution in [3.8, 4) is 17.2 Å². The van der Waals surface area contributed by atoms with E-state index in [4.69, 9.17) is 9.26 Å². The number of methoxy groups -OCH3 is 1. The number of para-hydroxylation sites is 1. The van der Waals surface area contributed by atoms with Gasteiger partial charge in [0.1, 0.15) is 5.75 Å². The van der Waals surface area contributed by atoms with Crippen LogP contribution >= 0.6 is 0 Å². The topological polar surface area (TPSA) is 97.1 Å². The number of aromatic amines is 1. The molecule has 2 aromatic heterocycles. The quantitative estimate of drug-likeness (QED) is 0.485. The van der Waals surface area contributed by atoms with Crippen LogP contribution in [0.1, 0.15) is 59.9 Å². The van der Waals surface area contributed by atoms with Crippen LogP contribution < -0.4 is 9.64 Å². The number of aromatic nitrogens is 4. The van der Waals surface area contributed by atoms with Gasteiger partial charge < -0.3 is 9.26 Å². The zero-order chi connectivity index (χ0) is 23.3. The first-order chi connectivity index (χ1) is 15.8. The summed E-state index contributed by atoms with van der Waals surface area (Å²) >= 11 is 0. The number of amides is 1. The van der Waals surface area contributed by atoms with Crippen LogP contribution in [0.2, 0.25) is 0 Å². The fraction of sp³-hybridized carbons (Fsp3) is 0.280. The predicted octanol–water partition coefficient (Wildman–Crippen LogP) is 4.82. The van der Waals surface area contributed by atoms with Crippen LogP contribution in [0, 0.1) is 6.92 Å². The van der Waals surface area contributed by atoms with Crippen LogP contribution in [0.15, 0.2) is 53.1 Å². The first kappa shape index (κ1) is 20.9. The number of anilines is 1. The van der Waals surface area contributed by atoms with Crippen LogP contribution in [0.25, 0.3) is 11.5 Å². The molecule has 0 aliphatic carbocycles. The van der Waals surface area contributed by atoms with Gasteiger partial charge in [-0.25, -0.2) is 0 Å². The van der Waals surface area contributed by atoms with E-state index < -0.39 is 0 Å². The van der Waals surface area contributed by atoms with E-state index in [1.54, 1.807) is 18.9 Å². The lowest BCUT2D eigenvalue weighted by atomic mass is 9.85. The summed E-state index contributed by atoms with van der Waals surface area (Å²) < 4.78 is 11.0.